The van der Waals surface area contributed by atoms with Crippen molar-refractivity contribution < 1.29 is 23.9 Å². The number of hydrogen-bond donors (Lipinski definition) is 0. The molecule has 2 saturated heterocycles. The van der Waals surface area contributed by atoms with Crippen molar-refractivity contribution in [2.75, 3.05) is 19.1 Å². The van der Waals surface area contributed by atoms with Crippen LogP contribution in [0.1, 0.15) is 10.4 Å². The Labute approximate surface area is 195 Å². The average molecular weight is 466 g/mol. The van der Waals surface area contributed by atoms with Crippen LogP contribution in [0.2, 0.25) is 5.02 Å². The zero-order valence-corrected chi connectivity index (χ0v) is 18.6. The molecule has 0 spiro atoms. The number of fused-ring (bicyclic) bond motifs is 3. The number of halogens is 1. The van der Waals surface area contributed by atoms with Crippen LogP contribution in [0.4, 0.5) is 5.69 Å². The maximum Gasteiger partial charge on any atom is 0.240 e. The van der Waals surface area contributed by atoms with Crippen LogP contribution in [0.15, 0.2) is 59.7 Å². The molecule has 4 atom stereocenters. The molecule has 33 heavy (non-hydrogen) atoms. The molecule has 2 fully saturated rings. The summed E-state index contributed by atoms with van der Waals surface area (Å²) in [6.45, 7) is 0. The summed E-state index contributed by atoms with van der Waals surface area (Å²) in [7, 11) is 2.99. The second-order valence-electron chi connectivity index (χ2n) is 7.91. The number of amides is 2. The number of carbonyl (C=O) groups is 3. The summed E-state index contributed by atoms with van der Waals surface area (Å²) in [6, 6.07) is 10.0. The van der Waals surface area contributed by atoms with Crippen LogP contribution < -0.4 is 14.4 Å². The van der Waals surface area contributed by atoms with Crippen molar-refractivity contribution in [2.45, 2.75) is 12.1 Å². The van der Waals surface area contributed by atoms with Gasteiger partial charge in [0.1, 0.15) is 6.04 Å². The monoisotopic (exact) mass is 465 g/mol. The minimum absolute atomic E-state index is 0.288. The average Bonchev–Trinajstić information content (AvgIpc) is 3.31. The Bertz CT molecular complexity index is 1230. The highest BCUT2D eigenvalue weighted by Crippen LogP contribution is 2.47. The molecule has 2 aromatic carbocycles. The highest BCUT2D eigenvalue weighted by atomic mass is 35.5. The quantitative estimate of drug-likeness (QED) is 0.498. The topological polar surface area (TPSA) is 88.5 Å². The van der Waals surface area contributed by atoms with Gasteiger partial charge < -0.3 is 9.47 Å². The maximum atomic E-state index is 13.7. The lowest BCUT2D eigenvalue weighted by molar-refractivity contribution is -0.123. The molecule has 9 heteroatoms. The van der Waals surface area contributed by atoms with Crippen molar-refractivity contribution in [3.8, 4) is 11.5 Å². The first-order valence-corrected chi connectivity index (χ1v) is 10.7. The number of anilines is 1. The van der Waals surface area contributed by atoms with Gasteiger partial charge in [0.25, 0.3) is 0 Å². The first-order chi connectivity index (χ1) is 16.0. The van der Waals surface area contributed by atoms with Crippen LogP contribution in [-0.2, 0) is 9.59 Å². The summed E-state index contributed by atoms with van der Waals surface area (Å²) in [5.41, 5.74) is 0.647. The van der Waals surface area contributed by atoms with Gasteiger partial charge in [-0.05, 0) is 36.4 Å². The van der Waals surface area contributed by atoms with Crippen LogP contribution in [0.3, 0.4) is 0 Å². The van der Waals surface area contributed by atoms with Gasteiger partial charge in [0, 0.05) is 11.8 Å². The lowest BCUT2D eigenvalue weighted by Gasteiger charge is -2.30. The predicted molar refractivity (Wildman–Crippen MR) is 122 cm³/mol. The molecule has 3 aliphatic rings. The number of para-hydroxylation sites is 1. The van der Waals surface area contributed by atoms with Crippen molar-refractivity contribution in [2.24, 2.45) is 16.9 Å². The second-order valence-corrected chi connectivity index (χ2v) is 8.32. The van der Waals surface area contributed by atoms with E-state index in [-0.39, 0.29) is 10.8 Å². The summed E-state index contributed by atoms with van der Waals surface area (Å²) in [6.07, 6.45) is 5.07. The fourth-order valence-electron chi connectivity index (χ4n) is 4.87. The van der Waals surface area contributed by atoms with Gasteiger partial charge in [-0.15, -0.1) is 0 Å². The van der Waals surface area contributed by atoms with Crippen molar-refractivity contribution in [3.63, 3.8) is 0 Å². The smallest absolute Gasteiger partial charge is 0.240 e. The number of imide groups is 1. The SMILES string of the molecule is COc1ccc(C(=O)[C@@H]2[C@H]3C(=O)N(c4ccccc4Cl)C(=O)[C@@H]3[C@H]3C=CC=NN32)cc1OC. The largest absolute Gasteiger partial charge is 0.493 e. The van der Waals surface area contributed by atoms with E-state index >= 15 is 0 Å². The maximum absolute atomic E-state index is 13.7. The number of hydrogen-bond acceptors (Lipinski definition) is 7. The minimum Gasteiger partial charge on any atom is -0.493 e. The molecule has 0 saturated carbocycles. The molecule has 3 heterocycles. The molecule has 3 aliphatic heterocycles. The number of benzene rings is 2. The Morgan fingerprint density at radius 2 is 1.73 bits per heavy atom. The Balaban J connectivity index is 1.58. The van der Waals surface area contributed by atoms with E-state index in [2.05, 4.69) is 5.10 Å². The number of nitrogens with zero attached hydrogens (tertiary/aromatic N) is 3. The Morgan fingerprint density at radius 3 is 2.45 bits per heavy atom. The molecule has 5 rings (SSSR count). The van der Waals surface area contributed by atoms with Gasteiger partial charge in [0.05, 0.1) is 42.8 Å². The minimum atomic E-state index is -0.955. The lowest BCUT2D eigenvalue weighted by Crippen LogP contribution is -2.46. The standard InChI is InChI=1S/C24H20ClN3O5/c1-32-17-10-9-13(12-18(17)33-2)22(29)21-20-19(16-8-5-11-26-28(16)21)23(30)27(24(20)31)15-7-4-3-6-14(15)25/h3-12,16,19-21H,1-2H3/t16-,19-,20+,21+/m1/s1. The van der Waals surface area contributed by atoms with Gasteiger partial charge in [0.15, 0.2) is 17.3 Å². The zero-order valence-electron chi connectivity index (χ0n) is 17.8. The molecule has 8 nitrogen and oxygen atoms in total. The van der Waals surface area contributed by atoms with Crippen LogP contribution in [0.5, 0.6) is 11.5 Å². The van der Waals surface area contributed by atoms with E-state index in [0.717, 1.165) is 4.90 Å². The van der Waals surface area contributed by atoms with Gasteiger partial charge in [-0.2, -0.15) is 5.10 Å². The second kappa shape index (κ2) is 8.04. The molecule has 2 amide bonds. The van der Waals surface area contributed by atoms with Gasteiger partial charge in [-0.25, -0.2) is 4.90 Å². The summed E-state index contributed by atoms with van der Waals surface area (Å²) >= 11 is 6.30. The van der Waals surface area contributed by atoms with E-state index in [4.69, 9.17) is 21.1 Å². The summed E-state index contributed by atoms with van der Waals surface area (Å²) in [4.78, 5) is 41.9. The van der Waals surface area contributed by atoms with Crippen LogP contribution in [0.25, 0.3) is 0 Å². The van der Waals surface area contributed by atoms with Crippen LogP contribution in [0, 0.1) is 11.8 Å². The number of Topliss-reactive ketones (excluding diaryl/α,β-unsaturated/α-hetero) is 1. The summed E-state index contributed by atoms with van der Waals surface area (Å²) in [5.74, 6) is -1.97. The molecule has 0 radical (unpaired) electrons. The number of rotatable bonds is 5. The van der Waals surface area contributed by atoms with Gasteiger partial charge >= 0.3 is 0 Å². The summed E-state index contributed by atoms with van der Waals surface area (Å²) < 4.78 is 10.6. The molecule has 0 unspecified atom stereocenters. The first kappa shape index (κ1) is 21.2. The normalized spacial score (nSPS) is 25.3. The molecule has 0 aliphatic carbocycles. The first-order valence-electron chi connectivity index (χ1n) is 10.4. The Kier molecular flexibility index (Phi) is 5.17. The van der Waals surface area contributed by atoms with Crippen LogP contribution in [-0.4, -0.2) is 55.1 Å². The third-order valence-electron chi connectivity index (χ3n) is 6.32. The van der Waals surface area contributed by atoms with Gasteiger partial charge in [0.2, 0.25) is 11.8 Å². The lowest BCUT2D eigenvalue weighted by atomic mass is 9.86. The van der Waals surface area contributed by atoms with E-state index in [1.807, 2.05) is 0 Å². The molecule has 0 aromatic heterocycles. The number of methoxy groups -OCH3 is 2. The number of allylic oxidation sites excluding steroid dienone is 1. The number of carbonyl (C=O) groups excluding carboxylic acids is 3. The number of hydrazone groups is 1. The van der Waals surface area contributed by atoms with Crippen molar-refractivity contribution >= 4 is 41.1 Å². The van der Waals surface area contributed by atoms with E-state index in [0.29, 0.717) is 22.7 Å². The van der Waals surface area contributed by atoms with Crippen molar-refractivity contribution in [1.29, 1.82) is 0 Å². The fourth-order valence-corrected chi connectivity index (χ4v) is 5.09. The van der Waals surface area contributed by atoms with Gasteiger partial charge in [-0.3, -0.25) is 19.4 Å². The number of ether oxygens (including phenoxy) is 2. The molecule has 0 bridgehead atoms. The highest BCUT2D eigenvalue weighted by molar-refractivity contribution is 6.36. The Hall–Kier alpha value is -3.65. The molecule has 168 valence electrons. The fraction of sp³-hybridized carbons (Fsp3) is 0.250. The molecule has 0 N–H and O–H groups in total. The van der Waals surface area contributed by atoms with E-state index in [9.17, 15) is 14.4 Å². The third kappa shape index (κ3) is 3.13. The van der Waals surface area contributed by atoms with Crippen molar-refractivity contribution in [3.05, 3.63) is 65.2 Å². The van der Waals surface area contributed by atoms with E-state index < -0.39 is 35.7 Å². The number of ketones is 1. The van der Waals surface area contributed by atoms with Gasteiger partial charge in [-0.1, -0.05) is 29.8 Å². The molecular weight excluding hydrogens is 446 g/mol. The molecule has 2 aromatic rings. The highest BCUT2D eigenvalue weighted by Gasteiger charge is 2.64. The van der Waals surface area contributed by atoms with E-state index in [1.165, 1.54) is 14.2 Å². The summed E-state index contributed by atoms with van der Waals surface area (Å²) in [5, 5.41) is 6.21. The third-order valence-corrected chi connectivity index (χ3v) is 6.64. The Morgan fingerprint density at radius 1 is 1.00 bits per heavy atom. The van der Waals surface area contributed by atoms with E-state index in [1.54, 1.807) is 65.8 Å². The van der Waals surface area contributed by atoms with Crippen molar-refractivity contribution in [1.82, 2.24) is 5.01 Å². The van der Waals surface area contributed by atoms with Crippen LogP contribution >= 0.6 is 11.6 Å². The predicted octanol–water partition coefficient (Wildman–Crippen LogP) is 2.95. The zero-order chi connectivity index (χ0) is 23.3. The molecular formula is C24H20ClN3O5.